The Morgan fingerprint density at radius 1 is 0.611 bits per heavy atom. The van der Waals surface area contributed by atoms with Gasteiger partial charge in [0.05, 0.1) is 11.2 Å². The van der Waals surface area contributed by atoms with E-state index in [9.17, 15) is 0 Å². The van der Waals surface area contributed by atoms with Crippen molar-refractivity contribution in [3.63, 3.8) is 0 Å². The van der Waals surface area contributed by atoms with E-state index < -0.39 is 0 Å². The molecule has 1 nitrogen and oxygen atoms in total. The maximum atomic E-state index is 4.65. The number of aromatic nitrogens is 1. The zero-order chi connectivity index (χ0) is 10.8. The van der Waals surface area contributed by atoms with Gasteiger partial charge in [-0.05, 0) is 12.1 Å². The zero-order valence-electron chi connectivity index (χ0n) is 9.51. The molecule has 0 radical (unpaired) electrons. The number of rotatable bonds is 1. The molecule has 0 bridgehead atoms. The summed E-state index contributed by atoms with van der Waals surface area (Å²) < 4.78 is 0. The second-order valence-electron chi connectivity index (χ2n) is 3.76. The summed E-state index contributed by atoms with van der Waals surface area (Å²) >= 11 is 0. The summed E-state index contributed by atoms with van der Waals surface area (Å²) in [7, 11) is 0. The van der Waals surface area contributed by atoms with E-state index in [1.165, 1.54) is 5.39 Å². The van der Waals surface area contributed by atoms with E-state index in [0.29, 0.717) is 0 Å². The average molecular weight is 407 g/mol. The van der Waals surface area contributed by atoms with Gasteiger partial charge in [0.15, 0.2) is 0 Å². The Morgan fingerprint density at radius 2 is 1.28 bits per heavy atom. The van der Waals surface area contributed by atoms with E-state index in [2.05, 4.69) is 35.3 Å². The Morgan fingerprint density at radius 3 is 2.06 bits per heavy atom. The van der Waals surface area contributed by atoms with E-state index in [1.807, 2.05) is 36.4 Å². The number of fused-ring (bicyclic) bond motifs is 1. The van der Waals surface area contributed by atoms with Crippen LogP contribution in [0.1, 0.15) is 0 Å². The van der Waals surface area contributed by atoms with Crippen LogP contribution < -0.4 is 0 Å². The number of nitrogens with zero attached hydrogens (tertiary/aromatic N) is 1. The molecule has 1 aromatic heterocycles. The van der Waals surface area contributed by atoms with Crippen LogP contribution in [0.3, 0.4) is 0 Å². The van der Waals surface area contributed by atoms with Crippen LogP contribution in [0.25, 0.3) is 22.2 Å². The molecule has 0 aliphatic carbocycles. The van der Waals surface area contributed by atoms with Crippen molar-refractivity contribution in [3.05, 3.63) is 66.7 Å². The van der Waals surface area contributed by atoms with Gasteiger partial charge in [0.25, 0.3) is 0 Å². The van der Waals surface area contributed by atoms with Gasteiger partial charge in [0.1, 0.15) is 0 Å². The fourth-order valence-electron chi connectivity index (χ4n) is 1.84. The minimum absolute atomic E-state index is 0. The van der Waals surface area contributed by atoms with Crippen molar-refractivity contribution in [2.45, 2.75) is 0 Å². The summed E-state index contributed by atoms with van der Waals surface area (Å²) in [5.74, 6) is 0. The second-order valence-corrected chi connectivity index (χ2v) is 3.76. The summed E-state index contributed by atoms with van der Waals surface area (Å²) in [6.07, 6.45) is 0. The van der Waals surface area contributed by atoms with Crippen LogP contribution in [0.4, 0.5) is 0 Å². The largest absolute Gasteiger partial charge is 0.248 e. The third kappa shape index (κ3) is 3.10. The Kier molecular flexibility index (Phi) is 5.79. The van der Waals surface area contributed by atoms with Crippen molar-refractivity contribution >= 4 is 10.9 Å². The summed E-state index contributed by atoms with van der Waals surface area (Å²) in [6, 6.07) is 22.6. The number of pyridine rings is 1. The van der Waals surface area contributed by atoms with Crippen molar-refractivity contribution in [2.75, 3.05) is 0 Å². The van der Waals surface area contributed by atoms with Gasteiger partial charge < -0.3 is 0 Å². The minimum Gasteiger partial charge on any atom is -0.248 e. The molecule has 92 valence electrons. The normalized spacial score (nSPS) is 9.33. The first-order valence-electron chi connectivity index (χ1n) is 5.35. The zero-order valence-corrected chi connectivity index (χ0v) is 13.0. The fourth-order valence-corrected chi connectivity index (χ4v) is 1.84. The quantitative estimate of drug-likeness (QED) is 0.558. The van der Waals surface area contributed by atoms with Crippen LogP contribution in [-0.2, 0) is 39.0 Å². The molecule has 0 fully saturated rings. The third-order valence-electron chi connectivity index (χ3n) is 2.67. The van der Waals surface area contributed by atoms with E-state index in [0.717, 1.165) is 16.8 Å². The first-order valence-corrected chi connectivity index (χ1v) is 5.35. The van der Waals surface area contributed by atoms with Crippen LogP contribution in [0, 0.1) is 0 Å². The summed E-state index contributed by atoms with van der Waals surface area (Å²) in [6.45, 7) is 0. The molecule has 3 rings (SSSR count). The Balaban J connectivity index is 0.000000810. The molecule has 3 heteroatoms. The van der Waals surface area contributed by atoms with Crippen molar-refractivity contribution in [1.82, 2.24) is 4.98 Å². The van der Waals surface area contributed by atoms with Gasteiger partial charge in [0, 0.05) is 49.9 Å². The van der Waals surface area contributed by atoms with Crippen LogP contribution in [-0.4, -0.2) is 4.98 Å². The molecule has 0 unspecified atom stereocenters. The van der Waals surface area contributed by atoms with Crippen molar-refractivity contribution in [1.29, 1.82) is 0 Å². The van der Waals surface area contributed by atoms with Gasteiger partial charge in [-0.2, -0.15) is 0 Å². The average Bonchev–Trinajstić information content (AvgIpc) is 2.39. The minimum atomic E-state index is 0. The molecule has 0 atom stereocenters. The first kappa shape index (κ1) is 15.2. The van der Waals surface area contributed by atoms with E-state index in [1.54, 1.807) is 0 Å². The molecule has 0 aliphatic heterocycles. The first-order chi connectivity index (χ1) is 7.93. The van der Waals surface area contributed by atoms with E-state index in [-0.39, 0.29) is 39.0 Å². The molecule has 0 saturated heterocycles. The fraction of sp³-hybridized carbons (Fsp3) is 0. The van der Waals surface area contributed by atoms with Crippen LogP contribution in [0.2, 0.25) is 0 Å². The molecular formula is C15H11NRu2. The van der Waals surface area contributed by atoms with Crippen LogP contribution >= 0.6 is 0 Å². The molecule has 0 spiro atoms. The molecule has 0 amide bonds. The molecular weight excluding hydrogens is 396 g/mol. The summed E-state index contributed by atoms with van der Waals surface area (Å²) in [5, 5.41) is 1.18. The SMILES string of the molecule is [Ru].[Ru].c1ccc(-c2ccc3ccccc3n2)cc1. The van der Waals surface area contributed by atoms with Gasteiger partial charge in [-0.25, -0.2) is 4.98 Å². The second kappa shape index (κ2) is 6.88. The van der Waals surface area contributed by atoms with Crippen molar-refractivity contribution < 1.29 is 39.0 Å². The molecule has 0 saturated carbocycles. The summed E-state index contributed by atoms with van der Waals surface area (Å²) in [4.78, 5) is 4.65. The molecule has 18 heavy (non-hydrogen) atoms. The topological polar surface area (TPSA) is 12.9 Å². The standard InChI is InChI=1S/C15H11N.2Ru/c1-2-6-12(7-3-1)15-11-10-13-8-4-5-9-14(13)16-15;;/h1-11H;;. The maximum absolute atomic E-state index is 4.65. The van der Waals surface area contributed by atoms with Gasteiger partial charge in [-0.15, -0.1) is 0 Å². The Bertz CT molecular complexity index is 623. The molecule has 1 heterocycles. The van der Waals surface area contributed by atoms with E-state index >= 15 is 0 Å². The number of benzene rings is 2. The van der Waals surface area contributed by atoms with E-state index in [4.69, 9.17) is 0 Å². The van der Waals surface area contributed by atoms with Gasteiger partial charge in [-0.3, -0.25) is 0 Å². The monoisotopic (exact) mass is 409 g/mol. The Hall–Kier alpha value is -0.903. The van der Waals surface area contributed by atoms with Gasteiger partial charge >= 0.3 is 0 Å². The molecule has 3 aromatic rings. The summed E-state index contributed by atoms with van der Waals surface area (Å²) in [5.41, 5.74) is 3.23. The molecule has 2 aromatic carbocycles. The third-order valence-corrected chi connectivity index (χ3v) is 2.67. The maximum Gasteiger partial charge on any atom is 0.0709 e. The van der Waals surface area contributed by atoms with Crippen LogP contribution in [0.5, 0.6) is 0 Å². The molecule has 0 N–H and O–H groups in total. The predicted molar refractivity (Wildman–Crippen MR) is 67.2 cm³/mol. The smallest absolute Gasteiger partial charge is 0.0709 e. The Labute approximate surface area is 132 Å². The number of hydrogen-bond donors (Lipinski definition) is 0. The molecule has 0 aliphatic rings. The van der Waals surface area contributed by atoms with Crippen molar-refractivity contribution in [3.8, 4) is 11.3 Å². The van der Waals surface area contributed by atoms with Crippen molar-refractivity contribution in [2.24, 2.45) is 0 Å². The van der Waals surface area contributed by atoms with Gasteiger partial charge in [0.2, 0.25) is 0 Å². The number of hydrogen-bond acceptors (Lipinski definition) is 1. The van der Waals surface area contributed by atoms with Gasteiger partial charge in [-0.1, -0.05) is 54.6 Å². The van der Waals surface area contributed by atoms with Crippen LogP contribution in [0.15, 0.2) is 66.7 Å². The number of para-hydroxylation sites is 1. The predicted octanol–water partition coefficient (Wildman–Crippen LogP) is 3.90.